The van der Waals surface area contributed by atoms with Gasteiger partial charge in [-0.05, 0) is 26.7 Å². The highest BCUT2D eigenvalue weighted by molar-refractivity contribution is 6.17. The summed E-state index contributed by atoms with van der Waals surface area (Å²) in [6, 6.07) is 0. The van der Waals surface area contributed by atoms with Crippen molar-refractivity contribution in [3.8, 4) is 0 Å². The minimum atomic E-state index is -0.771. The quantitative estimate of drug-likeness (QED) is 0.610. The maximum absolute atomic E-state index is 11.9. The number of hydrogen-bond acceptors (Lipinski definition) is 4. The Morgan fingerprint density at radius 3 is 2.33 bits per heavy atom. The van der Waals surface area contributed by atoms with Crippen LogP contribution in [0.5, 0.6) is 0 Å². The van der Waals surface area contributed by atoms with Crippen molar-refractivity contribution in [1.82, 2.24) is 5.32 Å². The first-order valence-corrected chi connectivity index (χ1v) is 5.91. The molecule has 1 atom stereocenters. The number of esters is 1. The lowest BCUT2D eigenvalue weighted by Crippen LogP contribution is -2.41. The fraction of sp³-hybridized carbons (Fsp3) is 0.615. The van der Waals surface area contributed by atoms with E-state index in [9.17, 15) is 9.59 Å². The number of amides is 1. The van der Waals surface area contributed by atoms with Gasteiger partial charge in [0.2, 0.25) is 0 Å². The first-order valence-electron chi connectivity index (χ1n) is 5.91. The van der Waals surface area contributed by atoms with E-state index in [4.69, 9.17) is 0 Å². The molecule has 100 valence electrons. The van der Waals surface area contributed by atoms with Gasteiger partial charge in [0, 0.05) is 11.1 Å². The molecule has 5 heteroatoms. The number of nitrogens with one attached hydrogen (secondary N) is 1. The number of amidine groups is 1. The second kappa shape index (κ2) is 4.92. The third-order valence-corrected chi connectivity index (χ3v) is 3.57. The van der Waals surface area contributed by atoms with Crippen LogP contribution < -0.4 is 5.32 Å². The zero-order valence-electron chi connectivity index (χ0n) is 11.7. The van der Waals surface area contributed by atoms with Crippen molar-refractivity contribution in [3.63, 3.8) is 0 Å². The molecule has 1 heterocycles. The van der Waals surface area contributed by atoms with Gasteiger partial charge in [0.15, 0.2) is 0 Å². The Labute approximate surface area is 107 Å². The summed E-state index contributed by atoms with van der Waals surface area (Å²) in [5.74, 6) is -0.00699. The van der Waals surface area contributed by atoms with Gasteiger partial charge in [-0.1, -0.05) is 13.8 Å². The van der Waals surface area contributed by atoms with E-state index in [-0.39, 0.29) is 11.8 Å². The van der Waals surface area contributed by atoms with Crippen molar-refractivity contribution < 1.29 is 14.3 Å². The molecule has 0 aliphatic carbocycles. The molecule has 18 heavy (non-hydrogen) atoms. The second-order valence-corrected chi connectivity index (χ2v) is 4.96. The topological polar surface area (TPSA) is 67.8 Å². The van der Waals surface area contributed by atoms with E-state index < -0.39 is 11.5 Å². The molecule has 0 aromatic heterocycles. The second-order valence-electron chi connectivity index (χ2n) is 4.96. The van der Waals surface area contributed by atoms with Crippen molar-refractivity contribution in [3.05, 3.63) is 11.1 Å². The Kier molecular flexibility index (Phi) is 3.94. The lowest BCUT2D eigenvalue weighted by Gasteiger charge is -2.21. The largest absolute Gasteiger partial charge is 0.466 e. The fourth-order valence-corrected chi connectivity index (χ4v) is 1.60. The zero-order chi connectivity index (χ0) is 14.1. The van der Waals surface area contributed by atoms with Gasteiger partial charge in [-0.3, -0.25) is 9.79 Å². The number of rotatable bonds is 3. The van der Waals surface area contributed by atoms with E-state index in [2.05, 4.69) is 15.0 Å². The van der Waals surface area contributed by atoms with Crippen molar-refractivity contribution in [2.45, 2.75) is 40.2 Å². The number of ether oxygens (including phenoxy) is 1. The molecule has 1 rings (SSSR count). The molecular formula is C13H20N2O3. The third-order valence-electron chi connectivity index (χ3n) is 3.57. The Bertz CT molecular complexity index is 449. The van der Waals surface area contributed by atoms with E-state index >= 15 is 0 Å². The number of methoxy groups -OCH3 is 1. The standard InChI is InChI=1S/C13H20N2O3/c1-7(2)13(5)12(17)14-10(15-13)8(3)9(4)11(16)18-6/h7H,1-6H3,(H,14,15,17)/b9-8-. The van der Waals surface area contributed by atoms with Crippen LogP contribution in [-0.2, 0) is 14.3 Å². The molecule has 1 unspecified atom stereocenters. The highest BCUT2D eigenvalue weighted by atomic mass is 16.5. The monoisotopic (exact) mass is 252 g/mol. The summed E-state index contributed by atoms with van der Waals surface area (Å²) < 4.78 is 4.65. The smallest absolute Gasteiger partial charge is 0.333 e. The number of carbonyl (C=O) groups is 2. The Hall–Kier alpha value is -1.65. The summed E-state index contributed by atoms with van der Waals surface area (Å²) in [5.41, 5.74) is 0.316. The van der Waals surface area contributed by atoms with Gasteiger partial charge in [-0.25, -0.2) is 4.79 Å². The zero-order valence-corrected chi connectivity index (χ0v) is 11.7. The van der Waals surface area contributed by atoms with Crippen molar-refractivity contribution in [2.24, 2.45) is 10.9 Å². The summed E-state index contributed by atoms with van der Waals surface area (Å²) in [4.78, 5) is 27.8. The van der Waals surface area contributed by atoms with Crippen molar-refractivity contribution in [2.75, 3.05) is 7.11 Å². The molecule has 0 radical (unpaired) electrons. The Balaban J connectivity index is 3.15. The average Bonchev–Trinajstić information content (AvgIpc) is 2.64. The first kappa shape index (κ1) is 14.4. The summed E-state index contributed by atoms with van der Waals surface area (Å²) in [6.45, 7) is 9.08. The lowest BCUT2D eigenvalue weighted by atomic mass is 9.89. The van der Waals surface area contributed by atoms with Crippen LogP contribution >= 0.6 is 0 Å². The maximum atomic E-state index is 11.9. The SMILES string of the molecule is COC(=O)/C(C)=C(/C)C1=NC(C)(C(C)C)C(=O)N1. The molecule has 0 fully saturated rings. The van der Waals surface area contributed by atoms with E-state index in [0.29, 0.717) is 17.0 Å². The number of nitrogens with zero attached hydrogens (tertiary/aromatic N) is 1. The van der Waals surface area contributed by atoms with Gasteiger partial charge in [0.05, 0.1) is 7.11 Å². The van der Waals surface area contributed by atoms with Crippen LogP contribution in [0.25, 0.3) is 0 Å². The Morgan fingerprint density at radius 2 is 1.94 bits per heavy atom. The number of hydrogen-bond donors (Lipinski definition) is 1. The van der Waals surface area contributed by atoms with E-state index in [1.54, 1.807) is 20.8 Å². The number of carbonyl (C=O) groups excluding carboxylic acids is 2. The minimum absolute atomic E-state index is 0.0845. The van der Waals surface area contributed by atoms with Crippen LogP contribution in [0.2, 0.25) is 0 Å². The summed E-state index contributed by atoms with van der Waals surface area (Å²) in [5, 5.41) is 2.73. The predicted octanol–water partition coefficient (Wildman–Crippen LogP) is 1.44. The molecule has 1 amide bonds. The van der Waals surface area contributed by atoms with Crippen LogP contribution in [0.15, 0.2) is 16.1 Å². The van der Waals surface area contributed by atoms with Crippen LogP contribution in [-0.4, -0.2) is 30.4 Å². The normalized spacial score (nSPS) is 24.6. The van der Waals surface area contributed by atoms with Gasteiger partial charge in [0.1, 0.15) is 11.4 Å². The van der Waals surface area contributed by atoms with Gasteiger partial charge in [-0.2, -0.15) is 0 Å². The molecule has 0 aromatic carbocycles. The third kappa shape index (κ3) is 2.30. The molecule has 0 saturated carbocycles. The molecule has 0 bridgehead atoms. The summed E-state index contributed by atoms with van der Waals surface area (Å²) in [6.07, 6.45) is 0. The van der Waals surface area contributed by atoms with Gasteiger partial charge < -0.3 is 10.1 Å². The van der Waals surface area contributed by atoms with Crippen molar-refractivity contribution >= 4 is 17.7 Å². The van der Waals surface area contributed by atoms with E-state index in [0.717, 1.165) is 0 Å². The van der Waals surface area contributed by atoms with E-state index in [1.165, 1.54) is 7.11 Å². The molecule has 1 aliphatic heterocycles. The van der Waals surface area contributed by atoms with Crippen LogP contribution in [0, 0.1) is 5.92 Å². The van der Waals surface area contributed by atoms with Crippen LogP contribution in [0.1, 0.15) is 34.6 Å². The van der Waals surface area contributed by atoms with Crippen LogP contribution in [0.4, 0.5) is 0 Å². The Morgan fingerprint density at radius 1 is 1.39 bits per heavy atom. The first-order chi connectivity index (χ1) is 8.24. The van der Waals surface area contributed by atoms with Gasteiger partial charge in [0.25, 0.3) is 5.91 Å². The van der Waals surface area contributed by atoms with Gasteiger partial charge in [-0.15, -0.1) is 0 Å². The molecule has 0 spiro atoms. The fourth-order valence-electron chi connectivity index (χ4n) is 1.60. The van der Waals surface area contributed by atoms with E-state index in [1.807, 2.05) is 13.8 Å². The van der Waals surface area contributed by atoms with Crippen LogP contribution in [0.3, 0.4) is 0 Å². The lowest BCUT2D eigenvalue weighted by molar-refractivity contribution is -0.136. The molecule has 0 aromatic rings. The average molecular weight is 252 g/mol. The van der Waals surface area contributed by atoms with Gasteiger partial charge >= 0.3 is 5.97 Å². The highest BCUT2D eigenvalue weighted by Crippen LogP contribution is 2.27. The summed E-state index contributed by atoms with van der Waals surface area (Å²) >= 11 is 0. The van der Waals surface area contributed by atoms with Crippen molar-refractivity contribution in [1.29, 1.82) is 0 Å². The maximum Gasteiger partial charge on any atom is 0.333 e. The summed E-state index contributed by atoms with van der Waals surface area (Å²) in [7, 11) is 1.33. The number of aliphatic imine (C=N–C) groups is 1. The molecular weight excluding hydrogens is 232 g/mol. The predicted molar refractivity (Wildman–Crippen MR) is 69.2 cm³/mol. The molecule has 1 N–H and O–H groups in total. The molecule has 0 saturated heterocycles. The molecule has 5 nitrogen and oxygen atoms in total. The molecule has 1 aliphatic rings. The highest BCUT2D eigenvalue weighted by Gasteiger charge is 2.42. The minimum Gasteiger partial charge on any atom is -0.466 e.